The van der Waals surface area contributed by atoms with E-state index in [0.29, 0.717) is 6.54 Å². The van der Waals surface area contributed by atoms with E-state index in [9.17, 15) is 4.79 Å². The van der Waals surface area contributed by atoms with Gasteiger partial charge in [0.15, 0.2) is 0 Å². The summed E-state index contributed by atoms with van der Waals surface area (Å²) in [5, 5.41) is 2.17. The van der Waals surface area contributed by atoms with Gasteiger partial charge in [0.1, 0.15) is 0 Å². The Morgan fingerprint density at radius 1 is 1.25 bits per heavy atom. The van der Waals surface area contributed by atoms with Crippen molar-refractivity contribution in [3.05, 3.63) is 57.3 Å². The molecule has 0 bridgehead atoms. The summed E-state index contributed by atoms with van der Waals surface area (Å²) in [7, 11) is 1.98. The molecule has 1 unspecified atom stereocenters. The molecule has 4 rings (SSSR count). The lowest BCUT2D eigenvalue weighted by Gasteiger charge is -2.35. The van der Waals surface area contributed by atoms with Crippen LogP contribution in [0.4, 0.5) is 0 Å². The summed E-state index contributed by atoms with van der Waals surface area (Å²) in [5.74, 6) is 0.246. The number of carbonyl (C=O) groups excluding carboxylic acids is 1. The fourth-order valence-electron chi connectivity index (χ4n) is 4.05. The second-order valence-corrected chi connectivity index (χ2v) is 7.94. The Balaban J connectivity index is 1.44. The van der Waals surface area contributed by atoms with Crippen LogP contribution in [-0.4, -0.2) is 35.8 Å². The molecule has 2 aromatic rings. The summed E-state index contributed by atoms with van der Waals surface area (Å²) in [6, 6.07) is 11.1. The Labute approximate surface area is 147 Å². The summed E-state index contributed by atoms with van der Waals surface area (Å²) < 4.78 is 0. The Morgan fingerprint density at radius 2 is 2.12 bits per heavy atom. The van der Waals surface area contributed by atoms with Gasteiger partial charge in [-0.05, 0) is 53.8 Å². The first kappa shape index (κ1) is 15.9. The zero-order valence-corrected chi connectivity index (χ0v) is 15.0. The second-order valence-electron chi connectivity index (χ2n) is 6.94. The highest BCUT2D eigenvalue weighted by atomic mass is 32.1. The molecule has 3 nitrogen and oxygen atoms in total. The van der Waals surface area contributed by atoms with E-state index in [1.165, 1.54) is 28.0 Å². The van der Waals surface area contributed by atoms with Gasteiger partial charge >= 0.3 is 0 Å². The van der Waals surface area contributed by atoms with Gasteiger partial charge < -0.3 is 4.90 Å². The Hall–Kier alpha value is -1.65. The van der Waals surface area contributed by atoms with Gasteiger partial charge in [-0.3, -0.25) is 9.69 Å². The zero-order valence-electron chi connectivity index (χ0n) is 14.2. The van der Waals surface area contributed by atoms with Crippen LogP contribution in [0.25, 0.3) is 0 Å². The van der Waals surface area contributed by atoms with Crippen molar-refractivity contribution in [2.45, 2.75) is 38.3 Å². The summed E-state index contributed by atoms with van der Waals surface area (Å²) >= 11 is 1.85. The van der Waals surface area contributed by atoms with Crippen molar-refractivity contribution >= 4 is 17.2 Å². The fourth-order valence-corrected chi connectivity index (χ4v) is 4.94. The monoisotopic (exact) mass is 340 g/mol. The van der Waals surface area contributed by atoms with Crippen LogP contribution < -0.4 is 0 Å². The molecule has 1 aliphatic heterocycles. The van der Waals surface area contributed by atoms with Crippen molar-refractivity contribution < 1.29 is 4.79 Å². The predicted octanol–water partition coefficient (Wildman–Crippen LogP) is 3.64. The molecule has 0 fully saturated rings. The van der Waals surface area contributed by atoms with E-state index >= 15 is 0 Å². The summed E-state index contributed by atoms with van der Waals surface area (Å²) in [6.07, 6.45) is 4.47. The number of rotatable bonds is 3. The molecule has 4 heteroatoms. The number of aryl methyl sites for hydroxylation is 1. The Morgan fingerprint density at radius 3 is 3.04 bits per heavy atom. The lowest BCUT2D eigenvalue weighted by molar-refractivity contribution is -0.133. The average molecular weight is 340 g/mol. The summed E-state index contributed by atoms with van der Waals surface area (Å²) in [5.41, 5.74) is 4.16. The highest BCUT2D eigenvalue weighted by Crippen LogP contribution is 2.33. The van der Waals surface area contributed by atoms with E-state index in [-0.39, 0.29) is 11.9 Å². The van der Waals surface area contributed by atoms with Crippen molar-refractivity contribution in [3.8, 4) is 0 Å². The molecule has 1 aliphatic carbocycles. The van der Waals surface area contributed by atoms with Crippen LogP contribution in [0.15, 0.2) is 35.7 Å². The van der Waals surface area contributed by atoms with Crippen molar-refractivity contribution in [1.29, 1.82) is 0 Å². The van der Waals surface area contributed by atoms with Gasteiger partial charge in [-0.15, -0.1) is 11.3 Å². The molecule has 1 atom stereocenters. The molecule has 0 N–H and O–H groups in total. The number of thiophene rings is 1. The quantitative estimate of drug-likeness (QED) is 0.852. The molecule has 1 aromatic heterocycles. The van der Waals surface area contributed by atoms with Crippen LogP contribution in [0.3, 0.4) is 0 Å². The number of amides is 1. The third-order valence-corrected chi connectivity index (χ3v) is 6.47. The molecule has 2 aliphatic rings. The molecule has 126 valence electrons. The summed E-state index contributed by atoms with van der Waals surface area (Å²) in [4.78, 5) is 18.6. The van der Waals surface area contributed by atoms with E-state index in [4.69, 9.17) is 0 Å². The number of benzene rings is 1. The molecule has 0 saturated carbocycles. The fraction of sp³-hybridized carbons (Fsp3) is 0.450. The lowest BCUT2D eigenvalue weighted by Crippen LogP contribution is -2.42. The molecule has 24 heavy (non-hydrogen) atoms. The van der Waals surface area contributed by atoms with Crippen molar-refractivity contribution in [3.63, 3.8) is 0 Å². The molecule has 1 amide bonds. The van der Waals surface area contributed by atoms with Gasteiger partial charge in [-0.25, -0.2) is 0 Å². The SMILES string of the molecule is CN(C(=O)CN1CCc2sccc2C1)C1CCCc2ccccc21. The maximum Gasteiger partial charge on any atom is 0.237 e. The number of likely N-dealkylation sites (N-methyl/N-ethyl adjacent to an activating group) is 1. The van der Waals surface area contributed by atoms with E-state index in [2.05, 4.69) is 40.6 Å². The maximum atomic E-state index is 12.9. The van der Waals surface area contributed by atoms with Gasteiger partial charge in [-0.2, -0.15) is 0 Å². The smallest absolute Gasteiger partial charge is 0.237 e. The molecule has 0 saturated heterocycles. The maximum absolute atomic E-state index is 12.9. The van der Waals surface area contributed by atoms with Crippen LogP contribution >= 0.6 is 11.3 Å². The Bertz CT molecular complexity index is 739. The molecule has 0 radical (unpaired) electrons. The minimum absolute atomic E-state index is 0.240. The number of fused-ring (bicyclic) bond motifs is 2. The van der Waals surface area contributed by atoms with E-state index < -0.39 is 0 Å². The average Bonchev–Trinajstić information content (AvgIpc) is 3.08. The first-order valence-corrected chi connectivity index (χ1v) is 9.71. The highest BCUT2D eigenvalue weighted by molar-refractivity contribution is 7.10. The number of nitrogens with zero attached hydrogens (tertiary/aromatic N) is 2. The van der Waals surface area contributed by atoms with Gasteiger partial charge in [0.2, 0.25) is 5.91 Å². The van der Waals surface area contributed by atoms with Crippen LogP contribution in [0.5, 0.6) is 0 Å². The summed E-state index contributed by atoms with van der Waals surface area (Å²) in [6.45, 7) is 2.44. The molecule has 1 aromatic carbocycles. The normalized spacial score (nSPS) is 20.3. The topological polar surface area (TPSA) is 23.6 Å². The van der Waals surface area contributed by atoms with Crippen molar-refractivity contribution in [2.75, 3.05) is 20.1 Å². The van der Waals surface area contributed by atoms with Crippen LogP contribution in [0.1, 0.15) is 40.5 Å². The zero-order chi connectivity index (χ0) is 16.5. The third-order valence-electron chi connectivity index (χ3n) is 5.44. The number of hydrogen-bond donors (Lipinski definition) is 0. The Kier molecular flexibility index (Phi) is 4.42. The highest BCUT2D eigenvalue weighted by Gasteiger charge is 2.28. The predicted molar refractivity (Wildman–Crippen MR) is 98.2 cm³/mol. The van der Waals surface area contributed by atoms with E-state index in [1.54, 1.807) is 0 Å². The van der Waals surface area contributed by atoms with Crippen LogP contribution in [0.2, 0.25) is 0 Å². The van der Waals surface area contributed by atoms with Gasteiger partial charge in [0.05, 0.1) is 12.6 Å². The third kappa shape index (κ3) is 3.01. The van der Waals surface area contributed by atoms with Crippen molar-refractivity contribution in [1.82, 2.24) is 9.80 Å². The van der Waals surface area contributed by atoms with Gasteiger partial charge in [0, 0.05) is 25.0 Å². The molecule has 2 heterocycles. The minimum Gasteiger partial charge on any atom is -0.338 e. The number of carbonyl (C=O) groups is 1. The van der Waals surface area contributed by atoms with Crippen LogP contribution in [0, 0.1) is 0 Å². The first-order chi connectivity index (χ1) is 11.7. The van der Waals surface area contributed by atoms with E-state index in [1.807, 2.05) is 23.3 Å². The van der Waals surface area contributed by atoms with Gasteiger partial charge in [0.25, 0.3) is 0 Å². The first-order valence-electron chi connectivity index (χ1n) is 8.83. The largest absolute Gasteiger partial charge is 0.338 e. The molecular weight excluding hydrogens is 316 g/mol. The van der Waals surface area contributed by atoms with E-state index in [0.717, 1.165) is 32.4 Å². The lowest BCUT2D eigenvalue weighted by atomic mass is 9.87. The second kappa shape index (κ2) is 6.69. The van der Waals surface area contributed by atoms with Crippen molar-refractivity contribution in [2.24, 2.45) is 0 Å². The standard InChI is InChI=1S/C20H24N2OS/c1-21(18-8-4-6-15-5-2-3-7-17(15)18)20(23)14-22-11-9-19-16(13-22)10-12-24-19/h2-3,5,7,10,12,18H,4,6,8-9,11,13-14H2,1H3. The molecular formula is C20H24N2OS. The number of hydrogen-bond acceptors (Lipinski definition) is 3. The molecule has 0 spiro atoms. The minimum atomic E-state index is 0.240. The van der Waals surface area contributed by atoms with Gasteiger partial charge in [-0.1, -0.05) is 24.3 Å². The van der Waals surface area contributed by atoms with Crippen LogP contribution in [-0.2, 0) is 24.2 Å².